The summed E-state index contributed by atoms with van der Waals surface area (Å²) in [6.07, 6.45) is 3.16. The lowest BCUT2D eigenvalue weighted by molar-refractivity contribution is -0.142. The SMILES string of the molecule is CCOC(=O)Cc1ccc(OC2CCN(C(=N)CC)CC2)cc1.Cl.Cl. The largest absolute Gasteiger partial charge is 0.490 e. The van der Waals surface area contributed by atoms with Crippen molar-refractivity contribution in [2.75, 3.05) is 19.7 Å². The van der Waals surface area contributed by atoms with Crippen LogP contribution in [-0.2, 0) is 16.0 Å². The zero-order chi connectivity index (χ0) is 16.7. The number of carbonyl (C=O) groups excluding carboxylic acids is 1. The second-order valence-electron chi connectivity index (χ2n) is 5.73. The molecule has 0 saturated carbocycles. The number of ether oxygens (including phenoxy) is 2. The van der Waals surface area contributed by atoms with Gasteiger partial charge in [0, 0.05) is 32.4 Å². The first-order valence-corrected chi connectivity index (χ1v) is 8.36. The van der Waals surface area contributed by atoms with E-state index in [9.17, 15) is 4.79 Å². The Bertz CT molecular complexity index is 530. The first-order valence-electron chi connectivity index (χ1n) is 8.36. The van der Waals surface area contributed by atoms with Crippen LogP contribution in [-0.4, -0.2) is 42.5 Å². The van der Waals surface area contributed by atoms with Crippen LogP contribution in [0.4, 0.5) is 0 Å². The Morgan fingerprint density at radius 3 is 2.28 bits per heavy atom. The molecule has 25 heavy (non-hydrogen) atoms. The average Bonchev–Trinajstić information content (AvgIpc) is 2.57. The Kier molecular flexibility index (Phi) is 11.3. The molecule has 1 fully saturated rings. The molecule has 0 aliphatic carbocycles. The standard InChI is InChI=1S/C18H26N2O3.2ClH/c1-3-17(19)20-11-9-16(10-12-20)23-15-7-5-14(6-8-15)13-18(21)22-4-2;;/h5-8,16,19H,3-4,9-13H2,1-2H3;2*1H. The average molecular weight is 391 g/mol. The lowest BCUT2D eigenvalue weighted by Crippen LogP contribution is -2.41. The van der Waals surface area contributed by atoms with Crippen LogP contribution in [0.5, 0.6) is 5.75 Å². The molecule has 0 unspecified atom stereocenters. The van der Waals surface area contributed by atoms with Gasteiger partial charge in [-0.2, -0.15) is 0 Å². The minimum atomic E-state index is -0.202. The number of carbonyl (C=O) groups is 1. The van der Waals surface area contributed by atoms with E-state index in [0.29, 0.717) is 18.9 Å². The number of hydrogen-bond donors (Lipinski definition) is 1. The maximum Gasteiger partial charge on any atom is 0.310 e. The second kappa shape index (κ2) is 12.0. The molecule has 1 saturated heterocycles. The highest BCUT2D eigenvalue weighted by Gasteiger charge is 2.21. The van der Waals surface area contributed by atoms with Crippen molar-refractivity contribution in [2.45, 2.75) is 45.6 Å². The number of hydrogen-bond acceptors (Lipinski definition) is 4. The van der Waals surface area contributed by atoms with Gasteiger partial charge in [0.15, 0.2) is 0 Å². The Morgan fingerprint density at radius 1 is 1.16 bits per heavy atom. The molecule has 0 spiro atoms. The molecule has 0 aromatic heterocycles. The number of piperidine rings is 1. The molecule has 5 nitrogen and oxygen atoms in total. The number of nitrogens with zero attached hydrogens (tertiary/aromatic N) is 1. The number of likely N-dealkylation sites (tertiary alicyclic amines) is 1. The van der Waals surface area contributed by atoms with E-state index in [4.69, 9.17) is 14.9 Å². The molecule has 1 aromatic rings. The number of halogens is 2. The number of rotatable bonds is 6. The van der Waals surface area contributed by atoms with Crippen molar-refractivity contribution in [3.05, 3.63) is 29.8 Å². The number of esters is 1. The summed E-state index contributed by atoms with van der Waals surface area (Å²) in [5.74, 6) is 1.35. The number of benzene rings is 1. The third-order valence-corrected chi connectivity index (χ3v) is 4.04. The Balaban J connectivity index is 0.00000288. The van der Waals surface area contributed by atoms with Gasteiger partial charge in [-0.25, -0.2) is 0 Å². The maximum atomic E-state index is 11.4. The molecule has 1 N–H and O–H groups in total. The van der Waals surface area contributed by atoms with Crippen LogP contribution in [0, 0.1) is 5.41 Å². The topological polar surface area (TPSA) is 62.6 Å². The monoisotopic (exact) mass is 390 g/mol. The molecular formula is C18H28Cl2N2O3. The summed E-state index contributed by atoms with van der Waals surface area (Å²) in [5.41, 5.74) is 0.932. The Labute approximate surface area is 162 Å². The number of nitrogens with one attached hydrogen (secondary N) is 1. The molecule has 7 heteroatoms. The summed E-state index contributed by atoms with van der Waals surface area (Å²) in [5, 5.41) is 7.88. The zero-order valence-corrected chi connectivity index (χ0v) is 16.5. The Hall–Kier alpha value is -1.46. The van der Waals surface area contributed by atoms with Crippen LogP contribution in [0.15, 0.2) is 24.3 Å². The van der Waals surface area contributed by atoms with E-state index in [0.717, 1.165) is 43.7 Å². The molecule has 0 amide bonds. The van der Waals surface area contributed by atoms with E-state index in [1.165, 1.54) is 0 Å². The fraction of sp³-hybridized carbons (Fsp3) is 0.556. The van der Waals surface area contributed by atoms with Crippen molar-refractivity contribution in [1.29, 1.82) is 5.41 Å². The summed E-state index contributed by atoms with van der Waals surface area (Å²) in [4.78, 5) is 13.6. The summed E-state index contributed by atoms with van der Waals surface area (Å²) < 4.78 is 11.0. The fourth-order valence-electron chi connectivity index (χ4n) is 2.72. The van der Waals surface area contributed by atoms with Gasteiger partial charge in [-0.1, -0.05) is 19.1 Å². The highest BCUT2D eigenvalue weighted by atomic mass is 35.5. The van der Waals surface area contributed by atoms with Gasteiger partial charge in [-0.15, -0.1) is 24.8 Å². The van der Waals surface area contributed by atoms with Crippen molar-refractivity contribution in [3.63, 3.8) is 0 Å². The van der Waals surface area contributed by atoms with Gasteiger partial charge in [0.25, 0.3) is 0 Å². The predicted octanol–water partition coefficient (Wildman–Crippen LogP) is 3.87. The minimum absolute atomic E-state index is 0. The van der Waals surface area contributed by atoms with Gasteiger partial charge in [0.05, 0.1) is 18.9 Å². The first kappa shape index (κ1) is 23.5. The normalized spacial score (nSPS) is 14.1. The zero-order valence-electron chi connectivity index (χ0n) is 14.8. The van der Waals surface area contributed by atoms with Gasteiger partial charge in [-0.05, 0) is 24.6 Å². The molecule has 0 radical (unpaired) electrons. The second-order valence-corrected chi connectivity index (χ2v) is 5.73. The third-order valence-electron chi connectivity index (χ3n) is 4.04. The number of amidine groups is 1. The van der Waals surface area contributed by atoms with E-state index in [1.54, 1.807) is 0 Å². The quantitative estimate of drug-likeness (QED) is 0.454. The van der Waals surface area contributed by atoms with E-state index < -0.39 is 0 Å². The third kappa shape index (κ3) is 7.53. The lowest BCUT2D eigenvalue weighted by atomic mass is 10.1. The van der Waals surface area contributed by atoms with Crippen molar-refractivity contribution in [1.82, 2.24) is 4.90 Å². The lowest BCUT2D eigenvalue weighted by Gasteiger charge is -2.33. The highest BCUT2D eigenvalue weighted by Crippen LogP contribution is 2.20. The van der Waals surface area contributed by atoms with E-state index in [-0.39, 0.29) is 36.9 Å². The van der Waals surface area contributed by atoms with E-state index in [1.807, 2.05) is 38.1 Å². The van der Waals surface area contributed by atoms with E-state index in [2.05, 4.69) is 4.90 Å². The van der Waals surface area contributed by atoms with Crippen molar-refractivity contribution < 1.29 is 14.3 Å². The predicted molar refractivity (Wildman–Crippen MR) is 105 cm³/mol. The molecule has 1 aliphatic rings. The van der Waals surface area contributed by atoms with Crippen LogP contribution in [0.3, 0.4) is 0 Å². The summed E-state index contributed by atoms with van der Waals surface area (Å²) in [6, 6.07) is 7.65. The molecule has 1 heterocycles. The van der Waals surface area contributed by atoms with Gasteiger partial charge in [-0.3, -0.25) is 10.2 Å². The van der Waals surface area contributed by atoms with Crippen LogP contribution >= 0.6 is 24.8 Å². The van der Waals surface area contributed by atoms with Crippen molar-refractivity contribution in [3.8, 4) is 5.75 Å². The van der Waals surface area contributed by atoms with Crippen molar-refractivity contribution >= 4 is 36.6 Å². The molecular weight excluding hydrogens is 363 g/mol. The van der Waals surface area contributed by atoms with Gasteiger partial charge in [0.1, 0.15) is 11.9 Å². The van der Waals surface area contributed by atoms with Gasteiger partial charge >= 0.3 is 5.97 Å². The van der Waals surface area contributed by atoms with Gasteiger partial charge < -0.3 is 14.4 Å². The molecule has 1 aromatic carbocycles. The van der Waals surface area contributed by atoms with Crippen LogP contribution < -0.4 is 4.74 Å². The molecule has 0 bridgehead atoms. The first-order chi connectivity index (χ1) is 11.1. The molecule has 1 aliphatic heterocycles. The maximum absolute atomic E-state index is 11.4. The smallest absolute Gasteiger partial charge is 0.310 e. The van der Waals surface area contributed by atoms with E-state index >= 15 is 0 Å². The summed E-state index contributed by atoms with van der Waals surface area (Å²) in [7, 11) is 0. The molecule has 142 valence electrons. The van der Waals surface area contributed by atoms with Crippen LogP contribution in [0.25, 0.3) is 0 Å². The molecule has 2 rings (SSSR count). The Morgan fingerprint density at radius 2 is 1.76 bits per heavy atom. The summed E-state index contributed by atoms with van der Waals surface area (Å²) >= 11 is 0. The summed E-state index contributed by atoms with van der Waals surface area (Å²) in [6.45, 7) is 6.01. The minimum Gasteiger partial charge on any atom is -0.490 e. The van der Waals surface area contributed by atoms with Crippen LogP contribution in [0.2, 0.25) is 0 Å². The van der Waals surface area contributed by atoms with Crippen molar-refractivity contribution in [2.24, 2.45) is 0 Å². The molecule has 0 atom stereocenters. The highest BCUT2D eigenvalue weighted by molar-refractivity contribution is 5.85. The fourth-order valence-corrected chi connectivity index (χ4v) is 2.72. The van der Waals surface area contributed by atoms with Gasteiger partial charge in [0.2, 0.25) is 0 Å². The van der Waals surface area contributed by atoms with Crippen LogP contribution in [0.1, 0.15) is 38.7 Å².